The number of benzene rings is 1. The molecule has 1 aromatic carbocycles. The average molecular weight is 252 g/mol. The van der Waals surface area contributed by atoms with Crippen LogP contribution in [0.3, 0.4) is 0 Å². The van der Waals surface area contributed by atoms with E-state index in [-0.39, 0.29) is 18.4 Å². The van der Waals surface area contributed by atoms with Gasteiger partial charge in [-0.1, -0.05) is 13.0 Å². The highest BCUT2D eigenvalue weighted by Crippen LogP contribution is 2.30. The zero-order valence-corrected chi connectivity index (χ0v) is 11.0. The normalized spacial score (nSPS) is 11.9. The Kier molecular flexibility index (Phi) is 5.45. The fourth-order valence-electron chi connectivity index (χ4n) is 1.85. The van der Waals surface area contributed by atoms with Gasteiger partial charge in [-0.25, -0.2) is 0 Å². The molecule has 0 aliphatic carbocycles. The number of carbonyl (C=O) groups is 1. The van der Waals surface area contributed by atoms with Gasteiger partial charge < -0.3 is 20.5 Å². The molecule has 1 atom stereocenters. The van der Waals surface area contributed by atoms with E-state index < -0.39 is 0 Å². The first-order valence-corrected chi connectivity index (χ1v) is 5.86. The second-order valence-electron chi connectivity index (χ2n) is 3.89. The first-order valence-electron chi connectivity index (χ1n) is 5.86. The number of hydrogen-bond donors (Lipinski definition) is 2. The van der Waals surface area contributed by atoms with Crippen molar-refractivity contribution < 1.29 is 14.3 Å². The summed E-state index contributed by atoms with van der Waals surface area (Å²) >= 11 is 0. The summed E-state index contributed by atoms with van der Waals surface area (Å²) in [4.78, 5) is 11.1. The van der Waals surface area contributed by atoms with Crippen LogP contribution >= 0.6 is 0 Å². The number of carbonyl (C=O) groups excluding carboxylic acids is 1. The van der Waals surface area contributed by atoms with Crippen molar-refractivity contribution >= 4 is 5.91 Å². The summed E-state index contributed by atoms with van der Waals surface area (Å²) in [6.07, 6.45) is 0.233. The summed E-state index contributed by atoms with van der Waals surface area (Å²) in [7, 11) is 3.19. The third-order valence-electron chi connectivity index (χ3n) is 2.67. The third kappa shape index (κ3) is 3.63. The van der Waals surface area contributed by atoms with Gasteiger partial charge in [0.05, 0.1) is 14.2 Å². The number of ether oxygens (including phenoxy) is 2. The van der Waals surface area contributed by atoms with Crippen molar-refractivity contribution in [1.82, 2.24) is 5.32 Å². The molecule has 0 aliphatic heterocycles. The van der Waals surface area contributed by atoms with E-state index in [9.17, 15) is 4.79 Å². The van der Waals surface area contributed by atoms with Crippen molar-refractivity contribution in [1.29, 1.82) is 0 Å². The maximum atomic E-state index is 11.1. The lowest BCUT2D eigenvalue weighted by molar-refractivity contribution is -0.118. The molecule has 0 aliphatic rings. The molecular weight excluding hydrogens is 232 g/mol. The van der Waals surface area contributed by atoms with Gasteiger partial charge >= 0.3 is 0 Å². The number of nitrogens with one attached hydrogen (secondary N) is 1. The molecule has 0 bridgehead atoms. The standard InChI is InChI=1S/C13H20N2O3/c1-4-15-11(8-13(14)16)10-6-5-9(17-2)7-12(10)18-3/h5-7,11,15H,4,8H2,1-3H3,(H2,14,16). The largest absolute Gasteiger partial charge is 0.497 e. The van der Waals surface area contributed by atoms with E-state index in [2.05, 4.69) is 5.32 Å². The summed E-state index contributed by atoms with van der Waals surface area (Å²) in [6, 6.07) is 5.37. The molecule has 3 N–H and O–H groups in total. The molecular formula is C13H20N2O3. The Morgan fingerprint density at radius 2 is 2.11 bits per heavy atom. The second kappa shape index (κ2) is 6.86. The molecule has 1 amide bonds. The highest BCUT2D eigenvalue weighted by molar-refractivity contribution is 5.75. The molecule has 100 valence electrons. The fourth-order valence-corrected chi connectivity index (χ4v) is 1.85. The predicted octanol–water partition coefficient (Wildman–Crippen LogP) is 1.23. The van der Waals surface area contributed by atoms with E-state index in [1.54, 1.807) is 20.3 Å². The van der Waals surface area contributed by atoms with Crippen molar-refractivity contribution in [2.45, 2.75) is 19.4 Å². The lowest BCUT2D eigenvalue weighted by Crippen LogP contribution is -2.26. The molecule has 0 heterocycles. The van der Waals surface area contributed by atoms with Gasteiger partial charge in [0.1, 0.15) is 11.5 Å². The minimum Gasteiger partial charge on any atom is -0.497 e. The van der Waals surface area contributed by atoms with Gasteiger partial charge in [-0.3, -0.25) is 4.79 Å². The first-order chi connectivity index (χ1) is 8.62. The zero-order valence-electron chi connectivity index (χ0n) is 11.0. The van der Waals surface area contributed by atoms with E-state index in [0.29, 0.717) is 11.5 Å². The number of methoxy groups -OCH3 is 2. The zero-order chi connectivity index (χ0) is 13.5. The van der Waals surface area contributed by atoms with Crippen LogP contribution in [0.4, 0.5) is 0 Å². The fraction of sp³-hybridized carbons (Fsp3) is 0.462. The molecule has 18 heavy (non-hydrogen) atoms. The van der Waals surface area contributed by atoms with E-state index in [1.165, 1.54) is 0 Å². The number of nitrogens with two attached hydrogens (primary N) is 1. The summed E-state index contributed by atoms with van der Waals surface area (Å²) < 4.78 is 10.5. The molecule has 5 nitrogen and oxygen atoms in total. The molecule has 0 saturated carbocycles. The third-order valence-corrected chi connectivity index (χ3v) is 2.67. The Hall–Kier alpha value is -1.75. The Balaban J connectivity index is 3.05. The summed E-state index contributed by atoms with van der Waals surface area (Å²) in [5.74, 6) is 1.05. The van der Waals surface area contributed by atoms with Crippen molar-refractivity contribution in [3.05, 3.63) is 23.8 Å². The number of amides is 1. The maximum Gasteiger partial charge on any atom is 0.219 e. The van der Waals surface area contributed by atoms with Crippen LogP contribution in [0.2, 0.25) is 0 Å². The van der Waals surface area contributed by atoms with Gasteiger partial charge in [0.15, 0.2) is 0 Å². The van der Waals surface area contributed by atoms with E-state index >= 15 is 0 Å². The molecule has 5 heteroatoms. The van der Waals surface area contributed by atoms with E-state index in [1.807, 2.05) is 19.1 Å². The second-order valence-corrected chi connectivity index (χ2v) is 3.89. The van der Waals surface area contributed by atoms with Crippen LogP contribution in [0.5, 0.6) is 11.5 Å². The number of primary amides is 1. The molecule has 0 fully saturated rings. The monoisotopic (exact) mass is 252 g/mol. The van der Waals surface area contributed by atoms with Crippen LogP contribution in [0.15, 0.2) is 18.2 Å². The van der Waals surface area contributed by atoms with E-state index in [4.69, 9.17) is 15.2 Å². The number of hydrogen-bond acceptors (Lipinski definition) is 4. The summed E-state index contributed by atoms with van der Waals surface area (Å²) in [6.45, 7) is 2.72. The van der Waals surface area contributed by atoms with Gasteiger partial charge in [0.2, 0.25) is 5.91 Å². The van der Waals surface area contributed by atoms with Crippen LogP contribution in [-0.2, 0) is 4.79 Å². The van der Waals surface area contributed by atoms with Gasteiger partial charge in [0, 0.05) is 24.1 Å². The minimum absolute atomic E-state index is 0.145. The predicted molar refractivity (Wildman–Crippen MR) is 69.8 cm³/mol. The minimum atomic E-state index is -0.348. The van der Waals surface area contributed by atoms with Gasteiger partial charge in [-0.05, 0) is 12.6 Å². The molecule has 1 aromatic rings. The topological polar surface area (TPSA) is 73.6 Å². The Bertz CT molecular complexity index is 407. The lowest BCUT2D eigenvalue weighted by atomic mass is 10.0. The Morgan fingerprint density at radius 1 is 1.39 bits per heavy atom. The molecule has 0 saturated heterocycles. The first kappa shape index (κ1) is 14.3. The molecule has 1 rings (SSSR count). The highest BCUT2D eigenvalue weighted by atomic mass is 16.5. The SMILES string of the molecule is CCNC(CC(N)=O)c1ccc(OC)cc1OC. The average Bonchev–Trinajstić information content (AvgIpc) is 2.37. The quantitative estimate of drug-likeness (QED) is 0.765. The van der Waals surface area contributed by atoms with Crippen LogP contribution in [-0.4, -0.2) is 26.7 Å². The molecule has 0 spiro atoms. The van der Waals surface area contributed by atoms with Crippen LogP contribution in [0.1, 0.15) is 24.9 Å². The van der Waals surface area contributed by atoms with Gasteiger partial charge in [0.25, 0.3) is 0 Å². The molecule has 0 aromatic heterocycles. The van der Waals surface area contributed by atoms with Crippen LogP contribution in [0.25, 0.3) is 0 Å². The Labute approximate surface area is 107 Å². The Morgan fingerprint density at radius 3 is 2.61 bits per heavy atom. The number of rotatable bonds is 7. The lowest BCUT2D eigenvalue weighted by Gasteiger charge is -2.20. The molecule has 0 radical (unpaired) electrons. The van der Waals surface area contributed by atoms with Crippen LogP contribution < -0.4 is 20.5 Å². The van der Waals surface area contributed by atoms with Crippen molar-refractivity contribution in [2.75, 3.05) is 20.8 Å². The smallest absolute Gasteiger partial charge is 0.219 e. The maximum absolute atomic E-state index is 11.1. The summed E-state index contributed by atoms with van der Waals surface area (Å²) in [5.41, 5.74) is 6.17. The van der Waals surface area contributed by atoms with Crippen molar-refractivity contribution in [2.24, 2.45) is 5.73 Å². The van der Waals surface area contributed by atoms with E-state index in [0.717, 1.165) is 12.1 Å². The van der Waals surface area contributed by atoms with Crippen molar-refractivity contribution in [3.8, 4) is 11.5 Å². The van der Waals surface area contributed by atoms with Crippen LogP contribution in [0, 0.1) is 0 Å². The molecule has 1 unspecified atom stereocenters. The van der Waals surface area contributed by atoms with Gasteiger partial charge in [-0.2, -0.15) is 0 Å². The summed E-state index contributed by atoms with van der Waals surface area (Å²) in [5, 5.41) is 3.22. The van der Waals surface area contributed by atoms with Crippen molar-refractivity contribution in [3.63, 3.8) is 0 Å². The van der Waals surface area contributed by atoms with Gasteiger partial charge in [-0.15, -0.1) is 0 Å². The highest BCUT2D eigenvalue weighted by Gasteiger charge is 2.18.